The minimum absolute atomic E-state index is 0.0736. The fourth-order valence-electron chi connectivity index (χ4n) is 3.18. The number of nitrogens with zero attached hydrogens (tertiary/aromatic N) is 2. The van der Waals surface area contributed by atoms with Crippen molar-refractivity contribution in [3.05, 3.63) is 26.4 Å². The highest BCUT2D eigenvalue weighted by molar-refractivity contribution is 5.30. The minimum atomic E-state index is -0.503. The molecule has 6 nitrogen and oxygen atoms in total. The van der Waals surface area contributed by atoms with Crippen LogP contribution in [-0.4, -0.2) is 26.3 Å². The van der Waals surface area contributed by atoms with Crippen LogP contribution in [0.4, 0.5) is 0 Å². The molecule has 2 heterocycles. The Balaban J connectivity index is 2.64. The van der Waals surface area contributed by atoms with E-state index < -0.39 is 11.2 Å². The molecule has 1 aromatic heterocycles. The van der Waals surface area contributed by atoms with Crippen molar-refractivity contribution in [1.29, 1.82) is 0 Å². The lowest BCUT2D eigenvalue weighted by Gasteiger charge is -2.24. The van der Waals surface area contributed by atoms with Crippen molar-refractivity contribution in [3.63, 3.8) is 0 Å². The monoisotopic (exact) mass is 281 g/mol. The van der Waals surface area contributed by atoms with Gasteiger partial charge in [0, 0.05) is 32.1 Å². The van der Waals surface area contributed by atoms with Gasteiger partial charge in [-0.25, -0.2) is 4.79 Å². The molecule has 6 heteroatoms. The predicted molar refractivity (Wildman–Crippen MR) is 77.2 cm³/mol. The van der Waals surface area contributed by atoms with E-state index in [9.17, 15) is 14.7 Å². The van der Waals surface area contributed by atoms with Crippen LogP contribution in [0.15, 0.2) is 9.59 Å². The van der Waals surface area contributed by atoms with Gasteiger partial charge in [-0.05, 0) is 19.3 Å². The molecule has 0 radical (unpaired) electrons. The normalized spacial score (nSPS) is 26.4. The molecule has 0 saturated carbocycles. The average Bonchev–Trinajstić information content (AvgIpc) is 2.76. The van der Waals surface area contributed by atoms with Crippen molar-refractivity contribution in [2.24, 2.45) is 20.0 Å². The Morgan fingerprint density at radius 2 is 1.85 bits per heavy atom. The van der Waals surface area contributed by atoms with Crippen LogP contribution in [0.1, 0.15) is 38.7 Å². The summed E-state index contributed by atoms with van der Waals surface area (Å²) in [5.41, 5.74) is -0.543. The fraction of sp³-hybridized carbons (Fsp3) is 0.714. The van der Waals surface area contributed by atoms with E-state index in [4.69, 9.17) is 0 Å². The first kappa shape index (κ1) is 14.8. The van der Waals surface area contributed by atoms with Gasteiger partial charge in [0.1, 0.15) is 0 Å². The Morgan fingerprint density at radius 1 is 1.25 bits per heavy atom. The van der Waals surface area contributed by atoms with E-state index in [0.717, 1.165) is 15.6 Å². The molecule has 1 aliphatic heterocycles. The molecule has 1 aliphatic rings. The van der Waals surface area contributed by atoms with Crippen molar-refractivity contribution in [2.75, 3.05) is 0 Å². The highest BCUT2D eigenvalue weighted by Gasteiger charge is 2.38. The molecule has 3 unspecified atom stereocenters. The van der Waals surface area contributed by atoms with Crippen LogP contribution in [0.25, 0.3) is 0 Å². The molecule has 20 heavy (non-hydrogen) atoms. The Morgan fingerprint density at radius 3 is 2.40 bits per heavy atom. The molecule has 0 amide bonds. The number of hydrogen-bond donors (Lipinski definition) is 2. The molecule has 1 saturated heterocycles. The van der Waals surface area contributed by atoms with E-state index in [1.807, 2.05) is 0 Å². The largest absolute Gasteiger partial charge is 0.494 e. The highest BCUT2D eigenvalue weighted by Crippen LogP contribution is 2.35. The lowest BCUT2D eigenvalue weighted by Crippen LogP contribution is -2.42. The summed E-state index contributed by atoms with van der Waals surface area (Å²) in [6, 6.07) is 0.412. The molecule has 0 bridgehead atoms. The summed E-state index contributed by atoms with van der Waals surface area (Å²) in [5, 5.41) is 13.7. The predicted octanol–water partition coefficient (Wildman–Crippen LogP) is 0.280. The van der Waals surface area contributed by atoms with Crippen molar-refractivity contribution in [2.45, 2.75) is 45.2 Å². The zero-order chi connectivity index (χ0) is 15.2. The number of aromatic hydroxyl groups is 1. The molecular formula is C14H23N3O3. The topological polar surface area (TPSA) is 76.3 Å². The third-order valence-electron chi connectivity index (χ3n) is 4.27. The van der Waals surface area contributed by atoms with Gasteiger partial charge >= 0.3 is 5.69 Å². The van der Waals surface area contributed by atoms with E-state index in [-0.39, 0.29) is 23.9 Å². The highest BCUT2D eigenvalue weighted by atomic mass is 16.3. The van der Waals surface area contributed by atoms with Crippen LogP contribution in [0, 0.1) is 5.92 Å². The summed E-state index contributed by atoms with van der Waals surface area (Å²) < 4.78 is 2.20. The van der Waals surface area contributed by atoms with Crippen molar-refractivity contribution < 1.29 is 5.11 Å². The van der Waals surface area contributed by atoms with Gasteiger partial charge in [0.05, 0.1) is 5.56 Å². The minimum Gasteiger partial charge on any atom is -0.494 e. The lowest BCUT2D eigenvalue weighted by molar-refractivity contribution is 0.368. The quantitative estimate of drug-likeness (QED) is 0.816. The first-order chi connectivity index (χ1) is 9.25. The Hall–Kier alpha value is -1.56. The Labute approximate surface area is 118 Å². The smallest absolute Gasteiger partial charge is 0.333 e. The first-order valence-electron chi connectivity index (χ1n) is 7.00. The van der Waals surface area contributed by atoms with E-state index in [1.54, 1.807) is 0 Å². The maximum Gasteiger partial charge on any atom is 0.333 e. The van der Waals surface area contributed by atoms with Crippen molar-refractivity contribution in [1.82, 2.24) is 14.5 Å². The van der Waals surface area contributed by atoms with E-state index >= 15 is 0 Å². The van der Waals surface area contributed by atoms with Gasteiger partial charge in [-0.3, -0.25) is 13.9 Å². The van der Waals surface area contributed by atoms with Gasteiger partial charge in [-0.15, -0.1) is 0 Å². The van der Waals surface area contributed by atoms with Gasteiger partial charge in [-0.2, -0.15) is 0 Å². The van der Waals surface area contributed by atoms with Crippen LogP contribution in [0.3, 0.4) is 0 Å². The van der Waals surface area contributed by atoms with Gasteiger partial charge in [0.15, 0.2) is 0 Å². The summed E-state index contributed by atoms with van der Waals surface area (Å²) in [6.45, 7) is 6.25. The Bertz CT molecular complexity index is 630. The second-order valence-corrected chi connectivity index (χ2v) is 6.12. The number of rotatable bonds is 2. The van der Waals surface area contributed by atoms with Crippen molar-refractivity contribution >= 4 is 0 Å². The molecular weight excluding hydrogens is 258 g/mol. The zero-order valence-electron chi connectivity index (χ0n) is 12.7. The van der Waals surface area contributed by atoms with E-state index in [2.05, 4.69) is 26.1 Å². The second-order valence-electron chi connectivity index (χ2n) is 6.12. The summed E-state index contributed by atoms with van der Waals surface area (Å²) in [6.07, 6.45) is 0.782. The van der Waals surface area contributed by atoms with E-state index in [1.165, 1.54) is 14.1 Å². The number of hydrogen-bond acceptors (Lipinski definition) is 4. The van der Waals surface area contributed by atoms with E-state index in [0.29, 0.717) is 11.5 Å². The van der Waals surface area contributed by atoms with Crippen LogP contribution >= 0.6 is 0 Å². The molecule has 1 aromatic rings. The van der Waals surface area contributed by atoms with Gasteiger partial charge in [0.2, 0.25) is 5.88 Å². The average molecular weight is 281 g/mol. The standard InChI is InChI=1S/C14H23N3O3/c1-7(2)11-9(6-8(3)15-11)10-12(18)16(4)14(20)17(5)13(10)19/h7-9,11,15,18H,6H2,1-5H3. The summed E-state index contributed by atoms with van der Waals surface area (Å²) >= 11 is 0. The maximum absolute atomic E-state index is 12.4. The Kier molecular flexibility index (Phi) is 3.77. The third-order valence-corrected chi connectivity index (χ3v) is 4.27. The van der Waals surface area contributed by atoms with Crippen LogP contribution in [0.5, 0.6) is 5.88 Å². The zero-order valence-corrected chi connectivity index (χ0v) is 12.7. The van der Waals surface area contributed by atoms with Crippen LogP contribution in [-0.2, 0) is 14.1 Å². The van der Waals surface area contributed by atoms with Gasteiger partial charge in [-0.1, -0.05) is 13.8 Å². The summed E-state index contributed by atoms with van der Waals surface area (Å²) in [5.74, 6) is 0.0615. The molecule has 2 rings (SSSR count). The van der Waals surface area contributed by atoms with Crippen LogP contribution in [0.2, 0.25) is 0 Å². The molecule has 0 aromatic carbocycles. The lowest BCUT2D eigenvalue weighted by atomic mass is 9.86. The van der Waals surface area contributed by atoms with Gasteiger partial charge in [0.25, 0.3) is 5.56 Å². The molecule has 1 fully saturated rings. The molecule has 0 spiro atoms. The maximum atomic E-state index is 12.4. The molecule has 0 aliphatic carbocycles. The molecule has 3 atom stereocenters. The second kappa shape index (κ2) is 5.09. The molecule has 112 valence electrons. The SMILES string of the molecule is CC1CC(c2c(O)n(C)c(=O)n(C)c2=O)C(C(C)C)N1. The van der Waals surface area contributed by atoms with Crippen LogP contribution < -0.4 is 16.6 Å². The number of nitrogens with one attached hydrogen (secondary N) is 1. The first-order valence-corrected chi connectivity index (χ1v) is 7.00. The number of aromatic nitrogens is 2. The third kappa shape index (κ3) is 2.18. The summed E-state index contributed by atoms with van der Waals surface area (Å²) in [7, 11) is 2.93. The summed E-state index contributed by atoms with van der Waals surface area (Å²) in [4.78, 5) is 24.2. The molecule has 2 N–H and O–H groups in total. The van der Waals surface area contributed by atoms with Crippen molar-refractivity contribution in [3.8, 4) is 5.88 Å². The fourth-order valence-corrected chi connectivity index (χ4v) is 3.18. The van der Waals surface area contributed by atoms with Gasteiger partial charge < -0.3 is 10.4 Å².